The molecule has 7 heteroatoms. The Hall–Kier alpha value is -2.28. The van der Waals surface area contributed by atoms with Gasteiger partial charge >= 0.3 is 0 Å². The maximum atomic E-state index is 12.3. The minimum atomic E-state index is -0.139. The van der Waals surface area contributed by atoms with Crippen LogP contribution in [0.5, 0.6) is 0 Å². The van der Waals surface area contributed by atoms with Crippen LogP contribution in [0.15, 0.2) is 41.3 Å². The number of thioether (sulfide) groups is 1. The van der Waals surface area contributed by atoms with Gasteiger partial charge in [-0.2, -0.15) is 21.8 Å². The zero-order chi connectivity index (χ0) is 14.9. The number of nitrogens with zero attached hydrogens (tertiary/aromatic N) is 4. The second kappa shape index (κ2) is 5.49. The molecule has 0 radical (unpaired) electrons. The van der Waals surface area contributed by atoms with Crippen molar-refractivity contribution in [2.75, 3.05) is 29.5 Å². The van der Waals surface area contributed by atoms with E-state index in [1.807, 2.05) is 42.1 Å². The van der Waals surface area contributed by atoms with Gasteiger partial charge in [0.1, 0.15) is 5.39 Å². The average Bonchev–Trinajstić information content (AvgIpc) is 3.01. The molecular weight excluding hydrogens is 298 g/mol. The molecule has 0 aliphatic carbocycles. The summed E-state index contributed by atoms with van der Waals surface area (Å²) in [5.74, 6) is 2.75. The zero-order valence-corrected chi connectivity index (χ0v) is 12.7. The first-order valence-electron chi connectivity index (χ1n) is 7.19. The van der Waals surface area contributed by atoms with E-state index in [9.17, 15) is 4.79 Å². The number of fused-ring (bicyclic) bond motifs is 1. The van der Waals surface area contributed by atoms with E-state index in [0.29, 0.717) is 17.0 Å². The summed E-state index contributed by atoms with van der Waals surface area (Å²) in [6.45, 7) is 1.80. The van der Waals surface area contributed by atoms with Crippen LogP contribution in [0, 0.1) is 0 Å². The van der Waals surface area contributed by atoms with Gasteiger partial charge in [0.05, 0.1) is 11.9 Å². The van der Waals surface area contributed by atoms with Gasteiger partial charge in [-0.1, -0.05) is 18.2 Å². The number of hydrogen-bond acceptors (Lipinski definition) is 5. The third-order valence-electron chi connectivity index (χ3n) is 3.74. The molecule has 0 amide bonds. The summed E-state index contributed by atoms with van der Waals surface area (Å²) in [4.78, 5) is 22.0. The Bertz CT molecular complexity index is 851. The largest absolute Gasteiger partial charge is 0.341 e. The summed E-state index contributed by atoms with van der Waals surface area (Å²) in [6, 6.07) is 9.74. The first kappa shape index (κ1) is 13.4. The van der Waals surface area contributed by atoms with E-state index in [2.05, 4.69) is 20.0 Å². The average molecular weight is 313 g/mol. The van der Waals surface area contributed by atoms with Crippen LogP contribution in [0.25, 0.3) is 16.7 Å². The van der Waals surface area contributed by atoms with Gasteiger partial charge < -0.3 is 4.90 Å². The molecule has 1 fully saturated rings. The second-order valence-corrected chi connectivity index (χ2v) is 6.34. The molecule has 6 nitrogen and oxygen atoms in total. The SMILES string of the molecule is O=c1[nH]c(N2CCSCC2)nc2c1cnn2-c1ccccc1. The highest BCUT2D eigenvalue weighted by atomic mass is 32.2. The van der Waals surface area contributed by atoms with Crippen molar-refractivity contribution in [1.29, 1.82) is 0 Å². The molecule has 1 aromatic carbocycles. The Kier molecular flexibility index (Phi) is 3.34. The topological polar surface area (TPSA) is 66.8 Å². The van der Waals surface area contributed by atoms with Gasteiger partial charge in [-0.15, -0.1) is 0 Å². The number of aromatic amines is 1. The Labute approximate surface area is 131 Å². The number of hydrogen-bond donors (Lipinski definition) is 1. The number of anilines is 1. The lowest BCUT2D eigenvalue weighted by Gasteiger charge is -2.26. The van der Waals surface area contributed by atoms with Crippen LogP contribution >= 0.6 is 11.8 Å². The normalized spacial score (nSPS) is 15.4. The summed E-state index contributed by atoms with van der Waals surface area (Å²) >= 11 is 1.92. The molecule has 0 spiro atoms. The zero-order valence-electron chi connectivity index (χ0n) is 11.9. The van der Waals surface area contributed by atoms with Crippen LogP contribution in [0.2, 0.25) is 0 Å². The third-order valence-corrected chi connectivity index (χ3v) is 4.68. The van der Waals surface area contributed by atoms with Crippen molar-refractivity contribution in [3.05, 3.63) is 46.9 Å². The quantitative estimate of drug-likeness (QED) is 0.779. The molecule has 3 heterocycles. The van der Waals surface area contributed by atoms with Crippen LogP contribution in [0.3, 0.4) is 0 Å². The minimum absolute atomic E-state index is 0.139. The first-order chi connectivity index (χ1) is 10.8. The van der Waals surface area contributed by atoms with Crippen molar-refractivity contribution in [3.8, 4) is 5.69 Å². The summed E-state index contributed by atoms with van der Waals surface area (Å²) in [5, 5.41) is 4.84. The summed E-state index contributed by atoms with van der Waals surface area (Å²) in [5.41, 5.74) is 1.36. The number of H-pyrrole nitrogens is 1. The monoisotopic (exact) mass is 313 g/mol. The van der Waals surface area contributed by atoms with Gasteiger partial charge in [-0.05, 0) is 12.1 Å². The van der Waals surface area contributed by atoms with Crippen molar-refractivity contribution in [3.63, 3.8) is 0 Å². The van der Waals surface area contributed by atoms with Crippen LogP contribution in [0.1, 0.15) is 0 Å². The molecule has 3 aromatic rings. The molecule has 112 valence electrons. The Morgan fingerprint density at radius 2 is 1.91 bits per heavy atom. The summed E-state index contributed by atoms with van der Waals surface area (Å²) in [6.07, 6.45) is 1.57. The van der Waals surface area contributed by atoms with Crippen molar-refractivity contribution in [2.24, 2.45) is 0 Å². The van der Waals surface area contributed by atoms with Crippen LogP contribution in [0.4, 0.5) is 5.95 Å². The van der Waals surface area contributed by atoms with Gasteiger partial charge in [-0.3, -0.25) is 9.78 Å². The minimum Gasteiger partial charge on any atom is -0.341 e. The summed E-state index contributed by atoms with van der Waals surface area (Å²) in [7, 11) is 0. The molecule has 4 rings (SSSR count). The van der Waals surface area contributed by atoms with Gasteiger partial charge in [0, 0.05) is 24.6 Å². The molecule has 22 heavy (non-hydrogen) atoms. The van der Waals surface area contributed by atoms with E-state index in [0.717, 1.165) is 30.3 Å². The second-order valence-electron chi connectivity index (χ2n) is 5.12. The highest BCUT2D eigenvalue weighted by Crippen LogP contribution is 2.18. The van der Waals surface area contributed by atoms with Crippen molar-refractivity contribution in [2.45, 2.75) is 0 Å². The fraction of sp³-hybridized carbons (Fsp3) is 0.267. The number of aromatic nitrogens is 4. The highest BCUT2D eigenvalue weighted by Gasteiger charge is 2.17. The van der Waals surface area contributed by atoms with Crippen LogP contribution in [-0.4, -0.2) is 44.3 Å². The number of benzene rings is 1. The van der Waals surface area contributed by atoms with Crippen LogP contribution in [-0.2, 0) is 0 Å². The predicted molar refractivity (Wildman–Crippen MR) is 89.0 cm³/mol. The molecule has 0 bridgehead atoms. The van der Waals surface area contributed by atoms with Crippen molar-refractivity contribution < 1.29 is 0 Å². The van der Waals surface area contributed by atoms with Crippen molar-refractivity contribution >= 4 is 28.7 Å². The summed E-state index contributed by atoms with van der Waals surface area (Å²) < 4.78 is 1.72. The Morgan fingerprint density at radius 1 is 1.14 bits per heavy atom. The van der Waals surface area contributed by atoms with Gasteiger partial charge in [-0.25, -0.2) is 4.68 Å². The number of rotatable bonds is 2. The molecule has 2 aromatic heterocycles. The smallest absolute Gasteiger partial charge is 0.263 e. The fourth-order valence-electron chi connectivity index (χ4n) is 2.59. The third kappa shape index (κ3) is 2.27. The first-order valence-corrected chi connectivity index (χ1v) is 8.34. The Balaban J connectivity index is 1.86. The predicted octanol–water partition coefficient (Wildman–Crippen LogP) is 1.66. The Morgan fingerprint density at radius 3 is 2.68 bits per heavy atom. The van der Waals surface area contributed by atoms with Gasteiger partial charge in [0.25, 0.3) is 5.56 Å². The van der Waals surface area contributed by atoms with Crippen LogP contribution < -0.4 is 10.5 Å². The van der Waals surface area contributed by atoms with Crippen molar-refractivity contribution in [1.82, 2.24) is 19.7 Å². The lowest BCUT2D eigenvalue weighted by molar-refractivity contribution is 0.810. The van der Waals surface area contributed by atoms with Gasteiger partial charge in [0.15, 0.2) is 5.65 Å². The molecule has 1 aliphatic rings. The van der Waals surface area contributed by atoms with Gasteiger partial charge in [0.2, 0.25) is 5.95 Å². The molecule has 1 aliphatic heterocycles. The molecule has 1 saturated heterocycles. The van der Waals surface area contributed by atoms with E-state index < -0.39 is 0 Å². The maximum Gasteiger partial charge on any atom is 0.263 e. The molecule has 0 atom stereocenters. The number of para-hydroxylation sites is 1. The number of nitrogens with one attached hydrogen (secondary N) is 1. The van der Waals surface area contributed by atoms with E-state index in [1.54, 1.807) is 10.9 Å². The van der Waals surface area contributed by atoms with E-state index in [1.165, 1.54) is 0 Å². The van der Waals surface area contributed by atoms with E-state index in [4.69, 9.17) is 0 Å². The van der Waals surface area contributed by atoms with E-state index in [-0.39, 0.29) is 5.56 Å². The lowest BCUT2D eigenvalue weighted by Crippen LogP contribution is -2.35. The molecule has 0 unspecified atom stereocenters. The highest BCUT2D eigenvalue weighted by molar-refractivity contribution is 7.99. The standard InChI is InChI=1S/C15H15N5OS/c21-14-12-10-16-20(11-4-2-1-3-5-11)13(12)17-15(18-14)19-6-8-22-9-7-19/h1-5,10H,6-9H2,(H,17,18,21). The molecular formula is C15H15N5OS. The molecule has 1 N–H and O–H groups in total. The maximum absolute atomic E-state index is 12.3. The van der Waals surface area contributed by atoms with E-state index >= 15 is 0 Å². The fourth-order valence-corrected chi connectivity index (χ4v) is 3.49. The lowest BCUT2D eigenvalue weighted by atomic mass is 10.3. The molecule has 0 saturated carbocycles.